The summed E-state index contributed by atoms with van der Waals surface area (Å²) in [7, 11) is -2.77. The molecule has 1 rings (SSSR count). The van der Waals surface area contributed by atoms with Crippen molar-refractivity contribution in [3.8, 4) is 0 Å². The molecule has 0 unspecified atom stereocenters. The number of carbonyl (C=O) groups is 3. The van der Waals surface area contributed by atoms with Crippen molar-refractivity contribution in [1.82, 2.24) is 5.32 Å². The van der Waals surface area contributed by atoms with E-state index in [4.69, 9.17) is 18.0 Å². The molecule has 0 aromatic carbocycles. The largest absolute Gasteiger partial charge is 0.500 e. The number of ether oxygens (including phenoxy) is 1. The second-order valence-corrected chi connectivity index (χ2v) is 10.6. The molecule has 0 bridgehead atoms. The minimum absolute atomic E-state index is 0.0248. The number of rotatable bonds is 16. The van der Waals surface area contributed by atoms with Crippen molar-refractivity contribution >= 4 is 37.8 Å². The van der Waals surface area contributed by atoms with Crippen LogP contribution in [0.25, 0.3) is 0 Å². The highest BCUT2D eigenvalue weighted by atomic mass is 32.1. The topological polar surface area (TPSA) is 100 Å². The molecule has 0 radical (unpaired) electrons. The highest BCUT2D eigenvalue weighted by molar-refractivity contribution is 7.14. The Bertz CT molecular complexity index is 756. The Balaban J connectivity index is 2.36. The Morgan fingerprint density at radius 3 is 2.18 bits per heavy atom. The third-order valence-corrected chi connectivity index (χ3v) is 8.51. The molecule has 0 saturated carbocycles. The second-order valence-electron chi connectivity index (χ2n) is 6.69. The number of Topliss-reactive ketones (excluding diaryl/α,β-unsaturated/α-hetero) is 2. The zero-order valence-electron chi connectivity index (χ0n) is 18.9. The number of alkyl carbamates (subject to hydrolysis) is 1. The summed E-state index contributed by atoms with van der Waals surface area (Å²) in [5, 5.41) is 2.63. The Morgan fingerprint density at radius 2 is 1.64 bits per heavy atom. The molecule has 188 valence electrons. The van der Waals surface area contributed by atoms with E-state index in [1.807, 2.05) is 20.8 Å². The molecule has 1 heterocycles. The van der Waals surface area contributed by atoms with Crippen LogP contribution in [-0.2, 0) is 29.2 Å². The van der Waals surface area contributed by atoms with Gasteiger partial charge in [0.2, 0.25) is 5.78 Å². The maximum Gasteiger partial charge on any atom is 0.500 e. The number of amides is 1. The lowest BCUT2D eigenvalue weighted by Crippen LogP contribution is -2.46. The number of hydrogen-bond donors (Lipinski definition) is 1. The molecular formula is C20H30F3NO7SSi. The van der Waals surface area contributed by atoms with Gasteiger partial charge in [0.25, 0.3) is 0 Å². The van der Waals surface area contributed by atoms with E-state index in [-0.39, 0.29) is 17.9 Å². The number of carbonyl (C=O) groups excluding carboxylic acids is 3. The van der Waals surface area contributed by atoms with Crippen LogP contribution in [0.5, 0.6) is 0 Å². The first-order valence-electron chi connectivity index (χ1n) is 10.6. The predicted octanol–water partition coefficient (Wildman–Crippen LogP) is 4.16. The monoisotopic (exact) mass is 513 g/mol. The number of nitrogens with one attached hydrogen (secondary N) is 1. The normalized spacial score (nSPS) is 11.9. The van der Waals surface area contributed by atoms with Crippen LogP contribution in [0.3, 0.4) is 0 Å². The summed E-state index contributed by atoms with van der Waals surface area (Å²) >= 11 is 0.965. The van der Waals surface area contributed by atoms with E-state index >= 15 is 0 Å². The average molecular weight is 514 g/mol. The molecule has 33 heavy (non-hydrogen) atoms. The van der Waals surface area contributed by atoms with Crippen molar-refractivity contribution in [3.63, 3.8) is 0 Å². The number of hydrogen-bond acceptors (Lipinski definition) is 8. The highest BCUT2D eigenvalue weighted by Gasteiger charge is 2.40. The van der Waals surface area contributed by atoms with Gasteiger partial charge >= 0.3 is 21.1 Å². The fraction of sp³-hybridized carbons (Fsp3) is 0.650. The minimum atomic E-state index is -5.03. The van der Waals surface area contributed by atoms with Gasteiger partial charge in [0, 0.05) is 43.7 Å². The van der Waals surface area contributed by atoms with E-state index in [2.05, 4.69) is 5.32 Å². The van der Waals surface area contributed by atoms with Crippen LogP contribution in [0.4, 0.5) is 18.0 Å². The van der Waals surface area contributed by atoms with Crippen LogP contribution in [0.15, 0.2) is 12.1 Å². The first kappa shape index (κ1) is 29.2. The number of thiophene rings is 1. The predicted molar refractivity (Wildman–Crippen MR) is 117 cm³/mol. The minimum Gasteiger partial charge on any atom is -0.449 e. The molecule has 0 atom stereocenters. The molecule has 8 nitrogen and oxygen atoms in total. The van der Waals surface area contributed by atoms with Crippen LogP contribution in [0.1, 0.15) is 48.2 Å². The van der Waals surface area contributed by atoms with Crippen LogP contribution in [0, 0.1) is 0 Å². The van der Waals surface area contributed by atoms with Crippen molar-refractivity contribution in [2.24, 2.45) is 0 Å². The van der Waals surface area contributed by atoms with Crippen molar-refractivity contribution in [2.75, 3.05) is 33.0 Å². The van der Waals surface area contributed by atoms with Gasteiger partial charge in [-0.3, -0.25) is 9.59 Å². The zero-order valence-corrected chi connectivity index (χ0v) is 20.7. The quantitative estimate of drug-likeness (QED) is 0.153. The standard InChI is InChI=1S/C20H30F3NO7SSi/c1-4-29-33(30-5-2,31-6-3)13-7-11-24-19(27)28-12-10-15-8-9-17(32-15)16(25)14-18(26)20(21,22)23/h8-9H,4-7,10-14H2,1-3H3,(H,24,27). The molecule has 0 aliphatic carbocycles. The second kappa shape index (κ2) is 14.5. The van der Waals surface area contributed by atoms with Crippen LogP contribution in [-0.4, -0.2) is 65.6 Å². The SMILES string of the molecule is CCO[Si](CCCNC(=O)OCCc1ccc(C(=O)CC(=O)C(F)(F)F)s1)(OCC)OCC. The van der Waals surface area contributed by atoms with Gasteiger partial charge in [0.05, 0.1) is 17.9 Å². The van der Waals surface area contributed by atoms with Gasteiger partial charge in [0.15, 0.2) is 5.78 Å². The lowest BCUT2D eigenvalue weighted by atomic mass is 10.2. The van der Waals surface area contributed by atoms with E-state index < -0.39 is 39.1 Å². The molecule has 1 N–H and O–H groups in total. The van der Waals surface area contributed by atoms with E-state index in [0.29, 0.717) is 43.7 Å². The summed E-state index contributed by atoms with van der Waals surface area (Å²) in [6, 6.07) is 3.46. The number of ketones is 2. The summed E-state index contributed by atoms with van der Waals surface area (Å²) in [4.78, 5) is 35.3. The van der Waals surface area contributed by atoms with Gasteiger partial charge in [-0.15, -0.1) is 11.3 Å². The fourth-order valence-corrected chi connectivity index (χ4v) is 6.33. The lowest BCUT2D eigenvalue weighted by molar-refractivity contribution is -0.170. The van der Waals surface area contributed by atoms with Gasteiger partial charge in [-0.2, -0.15) is 13.2 Å². The van der Waals surface area contributed by atoms with Crippen molar-refractivity contribution < 1.29 is 45.6 Å². The smallest absolute Gasteiger partial charge is 0.449 e. The van der Waals surface area contributed by atoms with Crippen LogP contribution < -0.4 is 5.32 Å². The summed E-state index contributed by atoms with van der Waals surface area (Å²) in [6.45, 7) is 7.36. The van der Waals surface area contributed by atoms with E-state index in [1.54, 1.807) is 6.07 Å². The van der Waals surface area contributed by atoms with Gasteiger partial charge in [-0.25, -0.2) is 4.79 Å². The molecule has 0 spiro atoms. The summed E-state index contributed by atoms with van der Waals surface area (Å²) in [5.74, 6) is -2.97. The molecule has 1 aromatic rings. The molecule has 0 aliphatic heterocycles. The molecule has 0 saturated heterocycles. The van der Waals surface area contributed by atoms with E-state index in [0.717, 1.165) is 11.3 Å². The van der Waals surface area contributed by atoms with E-state index in [9.17, 15) is 27.6 Å². The first-order valence-corrected chi connectivity index (χ1v) is 13.4. The zero-order chi connectivity index (χ0) is 24.9. The van der Waals surface area contributed by atoms with Crippen molar-refractivity contribution in [1.29, 1.82) is 0 Å². The third kappa shape index (κ3) is 10.8. The summed E-state index contributed by atoms with van der Waals surface area (Å²) < 4.78 is 59.1. The number of alkyl halides is 3. The first-order chi connectivity index (χ1) is 15.6. The molecule has 0 aliphatic rings. The molecule has 1 aromatic heterocycles. The fourth-order valence-electron chi connectivity index (χ4n) is 2.79. The Kier molecular flexibility index (Phi) is 12.8. The third-order valence-electron chi connectivity index (χ3n) is 4.18. The molecular weight excluding hydrogens is 483 g/mol. The Morgan fingerprint density at radius 1 is 1.03 bits per heavy atom. The summed E-state index contributed by atoms with van der Waals surface area (Å²) in [6.07, 6.45) is -6.00. The Hall–Kier alpha value is -1.80. The average Bonchev–Trinajstić information content (AvgIpc) is 3.20. The summed E-state index contributed by atoms with van der Waals surface area (Å²) in [5.41, 5.74) is 0. The maximum absolute atomic E-state index is 12.3. The molecule has 13 heteroatoms. The Labute approximate surface area is 196 Å². The van der Waals surface area contributed by atoms with E-state index in [1.165, 1.54) is 6.07 Å². The van der Waals surface area contributed by atoms with Gasteiger partial charge in [0.1, 0.15) is 0 Å². The van der Waals surface area contributed by atoms with Gasteiger partial charge < -0.3 is 23.3 Å². The van der Waals surface area contributed by atoms with Gasteiger partial charge in [-0.1, -0.05) is 0 Å². The van der Waals surface area contributed by atoms with Crippen molar-refractivity contribution in [2.45, 2.75) is 52.3 Å². The molecule has 0 fully saturated rings. The maximum atomic E-state index is 12.3. The van der Waals surface area contributed by atoms with Crippen molar-refractivity contribution in [3.05, 3.63) is 21.9 Å². The highest BCUT2D eigenvalue weighted by Crippen LogP contribution is 2.23. The molecule has 1 amide bonds. The van der Waals surface area contributed by atoms with Crippen LogP contribution in [0.2, 0.25) is 6.04 Å². The van der Waals surface area contributed by atoms with Crippen LogP contribution >= 0.6 is 11.3 Å². The lowest BCUT2D eigenvalue weighted by Gasteiger charge is -2.28. The number of halogens is 3. The van der Waals surface area contributed by atoms with Gasteiger partial charge in [-0.05, 0) is 39.3 Å².